The third-order valence-corrected chi connectivity index (χ3v) is 13.8. The van der Waals surface area contributed by atoms with Crippen LogP contribution in [0.15, 0.2) is 11.6 Å². The topological polar surface area (TPSA) is 63.3 Å². The van der Waals surface area contributed by atoms with Crippen molar-refractivity contribution >= 4 is 27.6 Å². The van der Waals surface area contributed by atoms with Gasteiger partial charge in [0.2, 0.25) is 0 Å². The van der Waals surface area contributed by atoms with Crippen LogP contribution >= 0.6 is 21.6 Å². The summed E-state index contributed by atoms with van der Waals surface area (Å²) in [5.41, 5.74) is 8.34. The molecule has 4 aliphatic rings. The summed E-state index contributed by atoms with van der Waals surface area (Å²) in [4.78, 5) is 11.1. The SMILES string of the molecule is CC(C)CCCC(C)C1CCC2C3CC=C4CC(SSC(N)C(=O)O)CC[C@]4(C)C3CC[C@]12C. The molecule has 9 atom stereocenters. The summed E-state index contributed by atoms with van der Waals surface area (Å²) < 4.78 is 0. The van der Waals surface area contributed by atoms with E-state index in [1.807, 2.05) is 0 Å². The van der Waals surface area contributed by atoms with Gasteiger partial charge in [-0.15, -0.1) is 0 Å². The zero-order valence-corrected chi connectivity index (χ0v) is 23.9. The molecule has 3 nitrogen and oxygen atoms in total. The molecule has 34 heavy (non-hydrogen) atoms. The standard InChI is InChI=1S/C29H49NO2S2/c1-18(2)7-6-8-19(3)23-11-12-24-22-10-9-20-17-21(33-34-26(30)27(31)32)13-15-28(20,4)25(22)14-16-29(23,24)5/h9,18-19,21-26H,6-8,10-17,30H2,1-5H3,(H,31,32)/t19?,21?,22?,23?,24?,25?,26?,28-,29+/m0/s1. The average Bonchev–Trinajstić information content (AvgIpc) is 3.14. The molecule has 0 bridgehead atoms. The maximum absolute atomic E-state index is 11.1. The van der Waals surface area contributed by atoms with E-state index < -0.39 is 11.3 Å². The molecule has 0 aromatic heterocycles. The molecular weight excluding hydrogens is 458 g/mol. The number of carboxylic acid groups (broad SMARTS) is 1. The molecule has 194 valence electrons. The van der Waals surface area contributed by atoms with Gasteiger partial charge in [0.05, 0.1) is 0 Å². The second-order valence-corrected chi connectivity index (χ2v) is 15.8. The average molecular weight is 508 g/mol. The van der Waals surface area contributed by atoms with Gasteiger partial charge in [-0.05, 0) is 97.7 Å². The zero-order chi connectivity index (χ0) is 24.7. The van der Waals surface area contributed by atoms with E-state index >= 15 is 0 Å². The Morgan fingerprint density at radius 3 is 2.59 bits per heavy atom. The van der Waals surface area contributed by atoms with Crippen LogP contribution in [-0.2, 0) is 4.79 Å². The Labute approximate surface area is 216 Å². The van der Waals surface area contributed by atoms with Crippen molar-refractivity contribution in [2.45, 2.75) is 116 Å². The number of carbonyl (C=O) groups is 1. The zero-order valence-electron chi connectivity index (χ0n) is 22.2. The van der Waals surface area contributed by atoms with Gasteiger partial charge in [-0.2, -0.15) is 0 Å². The highest BCUT2D eigenvalue weighted by atomic mass is 33.1. The van der Waals surface area contributed by atoms with Crippen LogP contribution in [0.25, 0.3) is 0 Å². The summed E-state index contributed by atoms with van der Waals surface area (Å²) in [6.07, 6.45) is 17.5. The highest BCUT2D eigenvalue weighted by Crippen LogP contribution is 2.67. The third-order valence-electron chi connectivity index (χ3n) is 10.8. The van der Waals surface area contributed by atoms with Crippen LogP contribution in [0.4, 0.5) is 0 Å². The first-order valence-electron chi connectivity index (χ1n) is 14.1. The van der Waals surface area contributed by atoms with Gasteiger partial charge in [-0.3, -0.25) is 0 Å². The maximum atomic E-state index is 11.1. The number of rotatable bonds is 9. The maximum Gasteiger partial charge on any atom is 0.331 e. The number of fused-ring (bicyclic) bond motifs is 5. The molecule has 3 fully saturated rings. The van der Waals surface area contributed by atoms with E-state index in [0.717, 1.165) is 41.9 Å². The predicted octanol–water partition coefficient (Wildman–Crippen LogP) is 8.15. The molecule has 0 aliphatic heterocycles. The van der Waals surface area contributed by atoms with E-state index in [2.05, 4.69) is 40.7 Å². The van der Waals surface area contributed by atoms with Crippen molar-refractivity contribution in [3.63, 3.8) is 0 Å². The van der Waals surface area contributed by atoms with Gasteiger partial charge in [-0.25, -0.2) is 4.79 Å². The van der Waals surface area contributed by atoms with E-state index in [0.29, 0.717) is 16.1 Å². The Balaban J connectivity index is 1.41. The lowest BCUT2D eigenvalue weighted by molar-refractivity contribution is -0.136. The Bertz CT molecular complexity index is 769. The van der Waals surface area contributed by atoms with Gasteiger partial charge >= 0.3 is 5.97 Å². The van der Waals surface area contributed by atoms with Gasteiger partial charge in [0, 0.05) is 5.25 Å². The van der Waals surface area contributed by atoms with E-state index in [-0.39, 0.29) is 0 Å². The molecule has 0 saturated heterocycles. The van der Waals surface area contributed by atoms with Crippen LogP contribution in [0.1, 0.15) is 105 Å². The first-order chi connectivity index (χ1) is 16.1. The van der Waals surface area contributed by atoms with Gasteiger partial charge < -0.3 is 10.8 Å². The molecule has 7 unspecified atom stereocenters. The number of hydrogen-bond donors (Lipinski definition) is 2. The first kappa shape index (κ1) is 26.9. The molecule has 4 rings (SSSR count). The summed E-state index contributed by atoms with van der Waals surface area (Å²) >= 11 is 0. The minimum absolute atomic E-state index is 0.363. The van der Waals surface area contributed by atoms with E-state index in [9.17, 15) is 4.79 Å². The van der Waals surface area contributed by atoms with Crippen LogP contribution in [0, 0.1) is 46.3 Å². The first-order valence-corrected chi connectivity index (χ1v) is 16.3. The van der Waals surface area contributed by atoms with Gasteiger partial charge in [-0.1, -0.05) is 87.1 Å². The van der Waals surface area contributed by atoms with Crippen molar-refractivity contribution < 1.29 is 9.90 Å². The van der Waals surface area contributed by atoms with Gasteiger partial charge in [0.15, 0.2) is 5.37 Å². The second-order valence-electron chi connectivity index (χ2n) is 13.1. The molecule has 5 heteroatoms. The molecule has 0 aromatic rings. The summed E-state index contributed by atoms with van der Waals surface area (Å²) in [6, 6.07) is 0. The highest BCUT2D eigenvalue weighted by Gasteiger charge is 2.59. The predicted molar refractivity (Wildman–Crippen MR) is 148 cm³/mol. The monoisotopic (exact) mass is 507 g/mol. The smallest absolute Gasteiger partial charge is 0.331 e. The molecule has 0 radical (unpaired) electrons. The summed E-state index contributed by atoms with van der Waals surface area (Å²) in [6.45, 7) is 12.6. The molecule has 0 spiro atoms. The fraction of sp³-hybridized carbons (Fsp3) is 0.897. The second kappa shape index (κ2) is 10.7. The van der Waals surface area contributed by atoms with E-state index in [1.165, 1.54) is 75.0 Å². The molecule has 3 N–H and O–H groups in total. The Morgan fingerprint density at radius 2 is 1.88 bits per heavy atom. The van der Waals surface area contributed by atoms with Crippen LogP contribution in [0.2, 0.25) is 0 Å². The van der Waals surface area contributed by atoms with E-state index in [4.69, 9.17) is 10.8 Å². The van der Waals surface area contributed by atoms with Crippen LogP contribution in [0.5, 0.6) is 0 Å². The normalized spacial score (nSPS) is 41.3. The summed E-state index contributed by atoms with van der Waals surface area (Å²) in [7, 11) is 3.06. The van der Waals surface area contributed by atoms with Crippen molar-refractivity contribution in [2.24, 2.45) is 52.1 Å². The van der Waals surface area contributed by atoms with Crippen molar-refractivity contribution in [3.8, 4) is 0 Å². The number of aliphatic carboxylic acids is 1. The molecule has 0 aromatic carbocycles. The molecule has 4 aliphatic carbocycles. The van der Waals surface area contributed by atoms with Crippen molar-refractivity contribution in [1.82, 2.24) is 0 Å². The minimum atomic E-state index is -0.910. The summed E-state index contributed by atoms with van der Waals surface area (Å²) in [5, 5.41) is 8.80. The van der Waals surface area contributed by atoms with Gasteiger partial charge in [0.25, 0.3) is 0 Å². The molecule has 3 saturated carbocycles. The summed E-state index contributed by atoms with van der Waals surface area (Å²) in [5.74, 6) is 4.35. The third kappa shape index (κ3) is 5.14. The Hall–Kier alpha value is -0.130. The van der Waals surface area contributed by atoms with Crippen molar-refractivity contribution in [3.05, 3.63) is 11.6 Å². The number of nitrogens with two attached hydrogens (primary N) is 1. The molecule has 0 amide bonds. The van der Waals surface area contributed by atoms with Crippen LogP contribution in [-0.4, -0.2) is 21.7 Å². The largest absolute Gasteiger partial charge is 0.479 e. The number of hydrogen-bond acceptors (Lipinski definition) is 4. The van der Waals surface area contributed by atoms with Crippen LogP contribution < -0.4 is 5.73 Å². The van der Waals surface area contributed by atoms with Crippen molar-refractivity contribution in [2.75, 3.05) is 0 Å². The number of carboxylic acids is 1. The lowest BCUT2D eigenvalue weighted by Crippen LogP contribution is -2.50. The van der Waals surface area contributed by atoms with Gasteiger partial charge in [0.1, 0.15) is 0 Å². The number of allylic oxidation sites excluding steroid dienone is 2. The van der Waals surface area contributed by atoms with E-state index in [1.54, 1.807) is 16.4 Å². The Kier molecular flexibility index (Phi) is 8.47. The van der Waals surface area contributed by atoms with Crippen LogP contribution in [0.3, 0.4) is 0 Å². The minimum Gasteiger partial charge on any atom is -0.479 e. The lowest BCUT2D eigenvalue weighted by Gasteiger charge is -2.58. The fourth-order valence-corrected chi connectivity index (χ4v) is 11.3. The fourth-order valence-electron chi connectivity index (χ4n) is 8.91. The lowest BCUT2D eigenvalue weighted by atomic mass is 9.47. The molecule has 0 heterocycles. The highest BCUT2D eigenvalue weighted by molar-refractivity contribution is 8.77. The Morgan fingerprint density at radius 1 is 1.12 bits per heavy atom. The van der Waals surface area contributed by atoms with Crippen molar-refractivity contribution in [1.29, 1.82) is 0 Å². The quantitative estimate of drug-likeness (QED) is 0.187. The molecular formula is C29H49NO2S2.